The molecule has 3 N–H and O–H groups in total. The van der Waals surface area contributed by atoms with Crippen LogP contribution in [-0.2, 0) is 14.3 Å². The molecule has 0 saturated heterocycles. The summed E-state index contributed by atoms with van der Waals surface area (Å²) in [5.74, 6) is -1.45. The van der Waals surface area contributed by atoms with Gasteiger partial charge in [-0.25, -0.2) is 9.59 Å². The fourth-order valence-corrected chi connectivity index (χ4v) is 4.98. The average Bonchev–Trinajstić information content (AvgIpc) is 3.71. The standard InChI is InChI=1S/C26H28N2O5/c1-25(23(30)31,16-10-11-16)27-22(29)14-26(12-13-26)28-24(32)33-15-21-19-8-4-2-6-17(19)18-7-3-5-9-20(18)21/h2-9,16,21H,10-15H2,1H3,(H,27,29)(H,28,32)(H,30,31). The number of rotatable bonds is 8. The molecule has 3 aliphatic rings. The third kappa shape index (κ3) is 4.08. The van der Waals surface area contributed by atoms with E-state index in [1.54, 1.807) is 6.92 Å². The lowest BCUT2D eigenvalue weighted by molar-refractivity contribution is -0.148. The van der Waals surface area contributed by atoms with Gasteiger partial charge in [0.15, 0.2) is 0 Å². The molecule has 0 radical (unpaired) electrons. The summed E-state index contributed by atoms with van der Waals surface area (Å²) in [6.45, 7) is 1.77. The molecule has 1 atom stereocenters. The van der Waals surface area contributed by atoms with Crippen LogP contribution in [0.3, 0.4) is 0 Å². The second kappa shape index (κ2) is 7.90. The summed E-state index contributed by atoms with van der Waals surface area (Å²) in [5, 5.41) is 15.1. The number of hydrogen-bond donors (Lipinski definition) is 3. The molecule has 172 valence electrons. The van der Waals surface area contributed by atoms with Crippen LogP contribution in [0.15, 0.2) is 48.5 Å². The third-order valence-electron chi connectivity index (χ3n) is 7.30. The summed E-state index contributed by atoms with van der Waals surface area (Å²) in [5.41, 5.74) is 2.69. The van der Waals surface area contributed by atoms with Crippen LogP contribution in [0.25, 0.3) is 11.1 Å². The van der Waals surface area contributed by atoms with Gasteiger partial charge in [-0.05, 0) is 60.8 Å². The molecule has 33 heavy (non-hydrogen) atoms. The van der Waals surface area contributed by atoms with Gasteiger partial charge in [-0.2, -0.15) is 0 Å². The number of fused-ring (bicyclic) bond motifs is 3. The van der Waals surface area contributed by atoms with Gasteiger partial charge in [-0.1, -0.05) is 48.5 Å². The predicted molar refractivity (Wildman–Crippen MR) is 122 cm³/mol. The van der Waals surface area contributed by atoms with Gasteiger partial charge in [0.05, 0.1) is 5.54 Å². The Morgan fingerprint density at radius 1 is 1.03 bits per heavy atom. The number of carboxylic acid groups (broad SMARTS) is 1. The van der Waals surface area contributed by atoms with Gasteiger partial charge in [0.1, 0.15) is 12.1 Å². The molecule has 2 saturated carbocycles. The van der Waals surface area contributed by atoms with Crippen molar-refractivity contribution in [3.63, 3.8) is 0 Å². The number of carbonyl (C=O) groups is 3. The van der Waals surface area contributed by atoms with Gasteiger partial charge in [0.2, 0.25) is 5.91 Å². The molecule has 2 fully saturated rings. The molecule has 1 unspecified atom stereocenters. The monoisotopic (exact) mass is 448 g/mol. The van der Waals surface area contributed by atoms with Crippen LogP contribution in [0, 0.1) is 5.92 Å². The number of ether oxygens (including phenoxy) is 1. The summed E-state index contributed by atoms with van der Waals surface area (Å²) < 4.78 is 5.61. The zero-order valence-electron chi connectivity index (χ0n) is 18.6. The molecule has 7 heteroatoms. The molecule has 3 aliphatic carbocycles. The average molecular weight is 449 g/mol. The first-order valence-corrected chi connectivity index (χ1v) is 11.5. The Kier molecular flexibility index (Phi) is 5.15. The lowest BCUT2D eigenvalue weighted by Gasteiger charge is -2.27. The van der Waals surface area contributed by atoms with E-state index >= 15 is 0 Å². The third-order valence-corrected chi connectivity index (χ3v) is 7.30. The van der Waals surface area contributed by atoms with E-state index in [-0.39, 0.29) is 30.8 Å². The van der Waals surface area contributed by atoms with Crippen molar-refractivity contribution >= 4 is 18.0 Å². The van der Waals surface area contributed by atoms with Crippen molar-refractivity contribution in [2.75, 3.05) is 6.61 Å². The zero-order chi connectivity index (χ0) is 23.2. The lowest BCUT2D eigenvalue weighted by Crippen LogP contribution is -2.55. The second-order valence-electron chi connectivity index (χ2n) is 9.74. The number of hydrogen-bond acceptors (Lipinski definition) is 4. The Balaban J connectivity index is 1.19. The van der Waals surface area contributed by atoms with E-state index in [4.69, 9.17) is 4.74 Å². The Hall–Kier alpha value is -3.35. The fraction of sp³-hybridized carbons (Fsp3) is 0.423. The summed E-state index contributed by atoms with van der Waals surface area (Å²) in [6, 6.07) is 16.3. The molecule has 5 rings (SSSR count). The van der Waals surface area contributed by atoms with Gasteiger partial charge < -0.3 is 20.5 Å². The normalized spacial score (nSPS) is 19.5. The topological polar surface area (TPSA) is 105 Å². The van der Waals surface area contributed by atoms with Crippen LogP contribution >= 0.6 is 0 Å². The molecular formula is C26H28N2O5. The number of benzene rings is 2. The predicted octanol–water partition coefficient (Wildman–Crippen LogP) is 3.82. The highest BCUT2D eigenvalue weighted by molar-refractivity contribution is 5.88. The van der Waals surface area contributed by atoms with Crippen molar-refractivity contribution < 1.29 is 24.2 Å². The summed E-state index contributed by atoms with van der Waals surface area (Å²) >= 11 is 0. The summed E-state index contributed by atoms with van der Waals surface area (Å²) in [4.78, 5) is 36.9. The van der Waals surface area contributed by atoms with Crippen molar-refractivity contribution in [3.05, 3.63) is 59.7 Å². The van der Waals surface area contributed by atoms with Gasteiger partial charge in [0, 0.05) is 12.3 Å². The number of amides is 2. The van der Waals surface area contributed by atoms with Crippen LogP contribution in [0.5, 0.6) is 0 Å². The number of aliphatic carboxylic acids is 1. The van der Waals surface area contributed by atoms with Crippen LogP contribution in [0.1, 0.15) is 56.1 Å². The number of carboxylic acids is 1. The number of carbonyl (C=O) groups excluding carboxylic acids is 2. The summed E-state index contributed by atoms with van der Waals surface area (Å²) in [6.07, 6.45) is 2.42. The molecule has 0 spiro atoms. The first-order chi connectivity index (χ1) is 15.8. The zero-order valence-corrected chi connectivity index (χ0v) is 18.6. The van der Waals surface area contributed by atoms with E-state index in [0.717, 1.165) is 35.1 Å². The molecule has 0 aliphatic heterocycles. The van der Waals surface area contributed by atoms with Crippen molar-refractivity contribution in [2.24, 2.45) is 5.92 Å². The first kappa shape index (κ1) is 21.5. The first-order valence-electron chi connectivity index (χ1n) is 11.5. The van der Waals surface area contributed by atoms with E-state index in [9.17, 15) is 19.5 Å². The molecule has 2 amide bonds. The minimum atomic E-state index is -1.25. The smallest absolute Gasteiger partial charge is 0.407 e. The van der Waals surface area contributed by atoms with E-state index < -0.39 is 23.1 Å². The molecule has 0 aromatic heterocycles. The fourth-order valence-electron chi connectivity index (χ4n) is 4.98. The lowest BCUT2D eigenvalue weighted by atomic mass is 9.95. The van der Waals surface area contributed by atoms with Crippen molar-refractivity contribution in [3.8, 4) is 11.1 Å². The molecule has 7 nitrogen and oxygen atoms in total. The summed E-state index contributed by atoms with van der Waals surface area (Å²) in [7, 11) is 0. The van der Waals surface area contributed by atoms with E-state index in [2.05, 4.69) is 34.9 Å². The molecule has 0 bridgehead atoms. The van der Waals surface area contributed by atoms with Crippen LogP contribution in [0.4, 0.5) is 4.79 Å². The quantitative estimate of drug-likeness (QED) is 0.570. The Morgan fingerprint density at radius 2 is 1.61 bits per heavy atom. The van der Waals surface area contributed by atoms with E-state index in [0.29, 0.717) is 12.8 Å². The van der Waals surface area contributed by atoms with Gasteiger partial charge >= 0.3 is 12.1 Å². The van der Waals surface area contributed by atoms with Crippen molar-refractivity contribution in [1.82, 2.24) is 10.6 Å². The molecule has 0 heterocycles. The SMILES string of the molecule is CC(NC(=O)CC1(NC(=O)OCC2c3ccccc3-c3ccccc32)CC1)(C(=O)O)C1CC1. The molecule has 2 aromatic rings. The van der Waals surface area contributed by atoms with Crippen LogP contribution in [-0.4, -0.2) is 40.8 Å². The largest absolute Gasteiger partial charge is 0.480 e. The number of nitrogens with one attached hydrogen (secondary N) is 2. The van der Waals surface area contributed by atoms with Crippen molar-refractivity contribution in [1.29, 1.82) is 0 Å². The highest BCUT2D eigenvalue weighted by Gasteiger charge is 2.51. The maximum absolute atomic E-state index is 12.6. The minimum Gasteiger partial charge on any atom is -0.480 e. The van der Waals surface area contributed by atoms with Gasteiger partial charge in [-0.3, -0.25) is 4.79 Å². The molecule has 2 aromatic carbocycles. The Bertz CT molecular complexity index is 1080. The highest BCUT2D eigenvalue weighted by Crippen LogP contribution is 2.45. The maximum atomic E-state index is 12.6. The van der Waals surface area contributed by atoms with Gasteiger partial charge in [0.25, 0.3) is 0 Å². The minimum absolute atomic E-state index is 0.0311. The van der Waals surface area contributed by atoms with Crippen LogP contribution < -0.4 is 10.6 Å². The highest BCUT2D eigenvalue weighted by atomic mass is 16.5. The van der Waals surface area contributed by atoms with Gasteiger partial charge in [-0.15, -0.1) is 0 Å². The van der Waals surface area contributed by atoms with Crippen molar-refractivity contribution in [2.45, 2.75) is 56.0 Å². The Morgan fingerprint density at radius 3 is 2.12 bits per heavy atom. The Labute approximate surface area is 192 Å². The molecular weight excluding hydrogens is 420 g/mol. The second-order valence-corrected chi connectivity index (χ2v) is 9.74. The van der Waals surface area contributed by atoms with E-state index in [1.165, 1.54) is 0 Å². The maximum Gasteiger partial charge on any atom is 0.407 e. The van der Waals surface area contributed by atoms with E-state index in [1.807, 2.05) is 24.3 Å². The number of alkyl carbamates (subject to hydrolysis) is 1. The van der Waals surface area contributed by atoms with Crippen LogP contribution in [0.2, 0.25) is 0 Å².